The zero-order valence-electron chi connectivity index (χ0n) is 16.6. The summed E-state index contributed by atoms with van der Waals surface area (Å²) in [7, 11) is -3.52. The molecule has 0 unspecified atom stereocenters. The minimum atomic E-state index is -3.52. The molecule has 2 heterocycles. The van der Waals surface area contributed by atoms with Gasteiger partial charge in [-0.3, -0.25) is 4.79 Å². The van der Waals surface area contributed by atoms with Gasteiger partial charge in [0.15, 0.2) is 0 Å². The Bertz CT molecular complexity index is 937. The van der Waals surface area contributed by atoms with Crippen LogP contribution in [0.25, 0.3) is 0 Å². The van der Waals surface area contributed by atoms with E-state index in [1.54, 1.807) is 23.2 Å². The van der Waals surface area contributed by atoms with Crippen LogP contribution >= 0.6 is 15.9 Å². The summed E-state index contributed by atoms with van der Waals surface area (Å²) >= 11 is 3.38. The van der Waals surface area contributed by atoms with E-state index in [1.807, 2.05) is 26.0 Å². The quantitative estimate of drug-likeness (QED) is 0.635. The number of hydrogen-bond acceptors (Lipinski definition) is 5. The molecule has 0 atom stereocenters. The Kier molecular flexibility index (Phi) is 6.92. The highest BCUT2D eigenvalue weighted by Gasteiger charge is 2.25. The molecule has 1 amide bonds. The molecule has 7 nitrogen and oxygen atoms in total. The lowest BCUT2D eigenvalue weighted by atomic mass is 10.2. The summed E-state index contributed by atoms with van der Waals surface area (Å²) in [5, 5.41) is 0. The first-order chi connectivity index (χ1) is 13.9. The highest BCUT2D eigenvalue weighted by Crippen LogP contribution is 2.19. The molecule has 0 N–H and O–H groups in total. The maximum atomic E-state index is 12.8. The van der Waals surface area contributed by atoms with Gasteiger partial charge in [0.1, 0.15) is 5.82 Å². The molecular weight excluding hydrogens is 456 g/mol. The molecule has 29 heavy (non-hydrogen) atoms. The number of hydrogen-bond donors (Lipinski definition) is 0. The Morgan fingerprint density at radius 1 is 1.03 bits per heavy atom. The third kappa shape index (κ3) is 4.79. The molecule has 0 radical (unpaired) electrons. The summed E-state index contributed by atoms with van der Waals surface area (Å²) in [6.07, 6.45) is 1.76. The molecule has 9 heteroatoms. The van der Waals surface area contributed by atoms with Gasteiger partial charge in [0.25, 0.3) is 5.91 Å². The van der Waals surface area contributed by atoms with Crippen LogP contribution in [0.15, 0.2) is 52.0 Å². The molecule has 0 bridgehead atoms. The van der Waals surface area contributed by atoms with Crippen LogP contribution in [-0.2, 0) is 10.0 Å². The minimum absolute atomic E-state index is 0.0831. The van der Waals surface area contributed by atoms with E-state index in [0.29, 0.717) is 44.8 Å². The van der Waals surface area contributed by atoms with E-state index < -0.39 is 10.0 Å². The van der Waals surface area contributed by atoms with E-state index in [-0.39, 0.29) is 10.8 Å². The second-order valence-corrected chi connectivity index (χ2v) is 9.58. The van der Waals surface area contributed by atoms with Crippen molar-refractivity contribution in [2.75, 3.05) is 44.2 Å². The van der Waals surface area contributed by atoms with E-state index in [1.165, 1.54) is 16.4 Å². The van der Waals surface area contributed by atoms with Crippen LogP contribution in [0.4, 0.5) is 5.82 Å². The number of carbonyl (C=O) groups excluding carboxylic acids is 1. The van der Waals surface area contributed by atoms with Gasteiger partial charge in [0, 0.05) is 55.5 Å². The van der Waals surface area contributed by atoms with E-state index in [4.69, 9.17) is 0 Å². The Morgan fingerprint density at radius 2 is 1.66 bits per heavy atom. The molecule has 156 valence electrons. The molecule has 0 saturated carbocycles. The predicted molar refractivity (Wildman–Crippen MR) is 117 cm³/mol. The first-order valence-electron chi connectivity index (χ1n) is 9.62. The first kappa shape index (κ1) is 21.7. The monoisotopic (exact) mass is 480 g/mol. The van der Waals surface area contributed by atoms with Crippen molar-refractivity contribution in [2.24, 2.45) is 0 Å². The first-order valence-corrected chi connectivity index (χ1v) is 11.9. The SMILES string of the molecule is CCN(CC)S(=O)(=O)c1ccc(C(=O)N2CCN(c3ccc(Br)cn3)CC2)cc1. The Labute approximate surface area is 180 Å². The van der Waals surface area contributed by atoms with Gasteiger partial charge in [-0.25, -0.2) is 13.4 Å². The average Bonchev–Trinajstić information content (AvgIpc) is 2.75. The molecule has 1 aromatic heterocycles. The number of nitrogens with zero attached hydrogens (tertiary/aromatic N) is 4. The van der Waals surface area contributed by atoms with Crippen molar-refractivity contribution in [1.29, 1.82) is 0 Å². The fraction of sp³-hybridized carbons (Fsp3) is 0.400. The molecule has 1 aromatic carbocycles. The molecule has 0 aliphatic carbocycles. The van der Waals surface area contributed by atoms with Gasteiger partial charge in [0.2, 0.25) is 10.0 Å². The van der Waals surface area contributed by atoms with Crippen molar-refractivity contribution in [3.8, 4) is 0 Å². The molecule has 1 saturated heterocycles. The molecule has 0 spiro atoms. The minimum Gasteiger partial charge on any atom is -0.353 e. The lowest BCUT2D eigenvalue weighted by molar-refractivity contribution is 0.0746. The van der Waals surface area contributed by atoms with Gasteiger partial charge < -0.3 is 9.80 Å². The van der Waals surface area contributed by atoms with Crippen molar-refractivity contribution >= 4 is 37.7 Å². The highest BCUT2D eigenvalue weighted by atomic mass is 79.9. The maximum Gasteiger partial charge on any atom is 0.253 e. The summed E-state index contributed by atoms with van der Waals surface area (Å²) in [6.45, 7) is 7.04. The molecule has 2 aromatic rings. The predicted octanol–water partition coefficient (Wildman–Crippen LogP) is 2.84. The largest absolute Gasteiger partial charge is 0.353 e. The van der Waals surface area contributed by atoms with Gasteiger partial charge in [0.05, 0.1) is 4.90 Å². The third-order valence-corrected chi connectivity index (χ3v) is 7.58. The van der Waals surface area contributed by atoms with Crippen molar-refractivity contribution in [2.45, 2.75) is 18.7 Å². The van der Waals surface area contributed by atoms with Crippen molar-refractivity contribution < 1.29 is 13.2 Å². The van der Waals surface area contributed by atoms with Crippen LogP contribution in [0.2, 0.25) is 0 Å². The van der Waals surface area contributed by atoms with E-state index >= 15 is 0 Å². The summed E-state index contributed by atoms with van der Waals surface area (Å²) in [5.41, 5.74) is 0.499. The number of aromatic nitrogens is 1. The van der Waals surface area contributed by atoms with Gasteiger partial charge in [-0.05, 0) is 52.3 Å². The van der Waals surface area contributed by atoms with E-state index in [0.717, 1.165) is 10.3 Å². The Balaban J connectivity index is 1.65. The van der Waals surface area contributed by atoms with Gasteiger partial charge in [-0.2, -0.15) is 4.31 Å². The topological polar surface area (TPSA) is 73.8 Å². The Hall–Kier alpha value is -1.97. The lowest BCUT2D eigenvalue weighted by Gasteiger charge is -2.35. The fourth-order valence-corrected chi connectivity index (χ4v) is 5.05. The van der Waals surface area contributed by atoms with E-state index in [2.05, 4.69) is 25.8 Å². The summed E-state index contributed by atoms with van der Waals surface area (Å²) < 4.78 is 27.5. The van der Waals surface area contributed by atoms with Crippen molar-refractivity contribution in [1.82, 2.24) is 14.2 Å². The van der Waals surface area contributed by atoms with Crippen LogP contribution in [0.3, 0.4) is 0 Å². The number of piperazine rings is 1. The van der Waals surface area contributed by atoms with Gasteiger partial charge >= 0.3 is 0 Å². The second kappa shape index (κ2) is 9.23. The number of pyridine rings is 1. The molecule has 1 aliphatic rings. The summed E-state index contributed by atoms with van der Waals surface area (Å²) in [5.74, 6) is 0.812. The zero-order valence-corrected chi connectivity index (χ0v) is 19.0. The van der Waals surface area contributed by atoms with Crippen LogP contribution in [0.5, 0.6) is 0 Å². The van der Waals surface area contributed by atoms with Crippen molar-refractivity contribution in [3.05, 3.63) is 52.6 Å². The number of carbonyl (C=O) groups is 1. The number of sulfonamides is 1. The lowest BCUT2D eigenvalue weighted by Crippen LogP contribution is -2.49. The number of anilines is 1. The Morgan fingerprint density at radius 3 is 2.17 bits per heavy atom. The smallest absolute Gasteiger partial charge is 0.253 e. The normalized spacial score (nSPS) is 15.0. The molecule has 3 rings (SSSR count). The van der Waals surface area contributed by atoms with Crippen LogP contribution in [-0.4, -0.2) is 67.8 Å². The van der Waals surface area contributed by atoms with Gasteiger partial charge in [-0.15, -0.1) is 0 Å². The third-order valence-electron chi connectivity index (χ3n) is 5.05. The average molecular weight is 481 g/mol. The van der Waals surface area contributed by atoms with Crippen LogP contribution in [0, 0.1) is 0 Å². The second-order valence-electron chi connectivity index (χ2n) is 6.73. The van der Waals surface area contributed by atoms with Crippen LogP contribution in [0.1, 0.15) is 24.2 Å². The summed E-state index contributed by atoms with van der Waals surface area (Å²) in [4.78, 5) is 21.4. The van der Waals surface area contributed by atoms with Crippen LogP contribution < -0.4 is 4.90 Å². The maximum absolute atomic E-state index is 12.8. The highest BCUT2D eigenvalue weighted by molar-refractivity contribution is 9.10. The molecular formula is C20H25BrN4O3S. The van der Waals surface area contributed by atoms with E-state index in [9.17, 15) is 13.2 Å². The zero-order chi connectivity index (χ0) is 21.0. The number of amides is 1. The number of benzene rings is 1. The van der Waals surface area contributed by atoms with Crippen molar-refractivity contribution in [3.63, 3.8) is 0 Å². The standard InChI is InChI=1S/C20H25BrN4O3S/c1-3-25(4-2)29(27,28)18-8-5-16(6-9-18)20(26)24-13-11-23(12-14-24)19-10-7-17(21)15-22-19/h5-10,15H,3-4,11-14H2,1-2H3. The molecule has 1 aliphatic heterocycles. The number of rotatable bonds is 6. The summed E-state index contributed by atoms with van der Waals surface area (Å²) in [6, 6.07) is 10.1. The number of halogens is 1. The fourth-order valence-electron chi connectivity index (χ4n) is 3.36. The molecule has 1 fully saturated rings. The van der Waals surface area contributed by atoms with Gasteiger partial charge in [-0.1, -0.05) is 13.8 Å².